The lowest BCUT2D eigenvalue weighted by Crippen LogP contribution is -2.58. The van der Waals surface area contributed by atoms with Gasteiger partial charge in [0.2, 0.25) is 11.8 Å². The molecule has 0 radical (unpaired) electrons. The van der Waals surface area contributed by atoms with Crippen molar-refractivity contribution in [3.8, 4) is 0 Å². The summed E-state index contributed by atoms with van der Waals surface area (Å²) in [5, 5.41) is 29.9. The molecule has 1 atom stereocenters. The van der Waals surface area contributed by atoms with Crippen molar-refractivity contribution in [1.29, 1.82) is 0 Å². The highest BCUT2D eigenvalue weighted by molar-refractivity contribution is 5.97. The van der Waals surface area contributed by atoms with Gasteiger partial charge in [-0.1, -0.05) is 40.7 Å². The Morgan fingerprint density at radius 3 is 2.67 bits per heavy atom. The average molecular weight is 551 g/mol. The van der Waals surface area contributed by atoms with Crippen LogP contribution in [0.5, 0.6) is 0 Å². The van der Waals surface area contributed by atoms with E-state index in [1.807, 2.05) is 18.2 Å². The molecule has 0 aliphatic carbocycles. The molecule has 13 heteroatoms. The number of aliphatic hydroxyl groups is 1. The Balaban J connectivity index is 1.38. The van der Waals surface area contributed by atoms with E-state index in [9.17, 15) is 14.4 Å². The maximum absolute atomic E-state index is 13.5. The maximum atomic E-state index is 13.5. The molecule has 1 spiro atoms. The number of carbonyl (C=O) groups excluding carboxylic acids is 3. The summed E-state index contributed by atoms with van der Waals surface area (Å²) in [5.41, 5.74) is 1.58. The van der Waals surface area contributed by atoms with E-state index >= 15 is 0 Å². The number of aromatic nitrogens is 4. The minimum absolute atomic E-state index is 0.0125. The minimum atomic E-state index is -0.926. The van der Waals surface area contributed by atoms with Gasteiger partial charge in [0.1, 0.15) is 11.6 Å². The molecule has 4 heterocycles. The zero-order valence-electron chi connectivity index (χ0n) is 22.4. The van der Waals surface area contributed by atoms with Crippen molar-refractivity contribution in [3.63, 3.8) is 0 Å². The molecule has 4 N–H and O–H groups in total. The molecule has 40 heavy (non-hydrogen) atoms. The summed E-state index contributed by atoms with van der Waals surface area (Å²) in [5.74, 6) is -0.912. The molecule has 2 aliphatic rings. The molecule has 13 nitrogen and oxygen atoms in total. The zero-order chi connectivity index (χ0) is 28.1. The Hall–Kier alpha value is -4.10. The molecule has 212 valence electrons. The highest BCUT2D eigenvalue weighted by Crippen LogP contribution is 2.29. The number of hydrogen-bond acceptors (Lipinski definition) is 9. The van der Waals surface area contributed by atoms with Crippen LogP contribution in [0, 0.1) is 6.92 Å². The number of hydrogen-bond donors (Lipinski definition) is 4. The van der Waals surface area contributed by atoms with Crippen LogP contribution < -0.4 is 16.0 Å². The fourth-order valence-electron chi connectivity index (χ4n) is 5.36. The molecule has 0 bridgehead atoms. The number of aryl methyl sites for hydroxylation is 1. The number of carbonyl (C=O) groups is 3. The highest BCUT2D eigenvalue weighted by atomic mass is 16.5. The largest absolute Gasteiger partial charge is 0.394 e. The second-order valence-electron chi connectivity index (χ2n) is 10.5. The van der Waals surface area contributed by atoms with E-state index in [4.69, 9.17) is 9.63 Å². The van der Waals surface area contributed by atoms with E-state index < -0.39 is 17.5 Å². The summed E-state index contributed by atoms with van der Waals surface area (Å²) < 4.78 is 6.88. The third-order valence-corrected chi connectivity index (χ3v) is 7.50. The molecule has 1 saturated heterocycles. The SMILES string of the molecule is Cc1noc2c1C(=O)NC1(CCN(Cc3ccccc3)CC1)CC(=O)N[C@H](Cc1cn(CCO)nn1)C(=O)NC2. The fourth-order valence-corrected chi connectivity index (χ4v) is 5.36. The van der Waals surface area contributed by atoms with E-state index in [0.717, 1.165) is 6.54 Å². The molecule has 5 rings (SSSR count). The zero-order valence-corrected chi connectivity index (χ0v) is 22.4. The van der Waals surface area contributed by atoms with Gasteiger partial charge in [-0.25, -0.2) is 4.68 Å². The van der Waals surface area contributed by atoms with Crippen LogP contribution in [0.2, 0.25) is 0 Å². The molecule has 0 saturated carbocycles. The first-order valence-corrected chi connectivity index (χ1v) is 13.4. The van der Waals surface area contributed by atoms with Gasteiger partial charge in [-0.05, 0) is 25.3 Å². The number of fused-ring (bicyclic) bond motifs is 1. The van der Waals surface area contributed by atoms with Gasteiger partial charge in [0.15, 0.2) is 5.76 Å². The number of amides is 3. The Morgan fingerprint density at radius 1 is 1.15 bits per heavy atom. The standard InChI is InChI=1S/C27H34N8O5/c1-18-24-22(40-32-18)15-28-25(38)21(13-20-17-35(11-12-36)33-31-20)29-23(37)14-27(30-26(24)39)7-9-34(10-8-27)16-19-5-3-2-4-6-19/h2-6,17,21,36H,7-16H2,1H3,(H,28,38)(H,29,37)(H,30,39)/t21-/m1/s1. The third-order valence-electron chi connectivity index (χ3n) is 7.50. The van der Waals surface area contributed by atoms with Gasteiger partial charge in [-0.2, -0.15) is 0 Å². The second kappa shape index (κ2) is 12.0. The highest BCUT2D eigenvalue weighted by Gasteiger charge is 2.40. The van der Waals surface area contributed by atoms with Crippen molar-refractivity contribution in [2.24, 2.45) is 0 Å². The van der Waals surface area contributed by atoms with Gasteiger partial charge in [0.05, 0.1) is 36.6 Å². The van der Waals surface area contributed by atoms with Crippen molar-refractivity contribution >= 4 is 17.7 Å². The first-order valence-electron chi connectivity index (χ1n) is 13.4. The van der Waals surface area contributed by atoms with Crippen molar-refractivity contribution in [2.45, 2.75) is 63.8 Å². The average Bonchev–Trinajstić information content (AvgIpc) is 3.54. The van der Waals surface area contributed by atoms with E-state index in [-0.39, 0.29) is 55.7 Å². The molecular formula is C27H34N8O5. The van der Waals surface area contributed by atoms with Gasteiger partial charge >= 0.3 is 0 Å². The van der Waals surface area contributed by atoms with Gasteiger partial charge < -0.3 is 25.6 Å². The first kappa shape index (κ1) is 27.5. The first-order chi connectivity index (χ1) is 19.3. The maximum Gasteiger partial charge on any atom is 0.257 e. The number of likely N-dealkylation sites (tertiary alicyclic amines) is 1. The fraction of sp³-hybridized carbons (Fsp3) is 0.481. The number of nitrogens with zero attached hydrogens (tertiary/aromatic N) is 5. The second-order valence-corrected chi connectivity index (χ2v) is 10.5. The minimum Gasteiger partial charge on any atom is -0.394 e. The monoisotopic (exact) mass is 550 g/mol. The molecule has 2 aromatic heterocycles. The van der Waals surface area contributed by atoms with Crippen LogP contribution in [0.4, 0.5) is 0 Å². The van der Waals surface area contributed by atoms with Crippen LogP contribution in [0.1, 0.15) is 52.3 Å². The molecule has 0 unspecified atom stereocenters. The van der Waals surface area contributed by atoms with Gasteiger partial charge in [0, 0.05) is 38.7 Å². The summed E-state index contributed by atoms with van der Waals surface area (Å²) >= 11 is 0. The summed E-state index contributed by atoms with van der Waals surface area (Å²) in [6, 6.07) is 9.25. The molecule has 1 fully saturated rings. The molecule has 1 aromatic carbocycles. The van der Waals surface area contributed by atoms with E-state index in [2.05, 4.69) is 48.5 Å². The van der Waals surface area contributed by atoms with Gasteiger partial charge in [-0.3, -0.25) is 19.3 Å². The van der Waals surface area contributed by atoms with E-state index in [1.54, 1.807) is 13.1 Å². The van der Waals surface area contributed by atoms with Gasteiger partial charge in [-0.15, -0.1) is 5.10 Å². The molecule has 2 aliphatic heterocycles. The van der Waals surface area contributed by atoms with Crippen molar-refractivity contribution in [2.75, 3.05) is 19.7 Å². The topological polar surface area (TPSA) is 168 Å². The Labute approximate surface area is 231 Å². The van der Waals surface area contributed by atoms with E-state index in [0.29, 0.717) is 37.3 Å². The summed E-state index contributed by atoms with van der Waals surface area (Å²) in [4.78, 5) is 42.4. The number of rotatable bonds is 6. The molecular weight excluding hydrogens is 516 g/mol. The third kappa shape index (κ3) is 6.37. The number of nitrogens with one attached hydrogen (secondary N) is 3. The Morgan fingerprint density at radius 2 is 1.93 bits per heavy atom. The van der Waals surface area contributed by atoms with Crippen LogP contribution in [0.25, 0.3) is 0 Å². The van der Waals surface area contributed by atoms with Crippen LogP contribution >= 0.6 is 0 Å². The van der Waals surface area contributed by atoms with Crippen molar-refractivity contribution < 1.29 is 24.0 Å². The quantitative estimate of drug-likeness (QED) is 0.332. The number of aliphatic hydroxyl groups excluding tert-OH is 1. The summed E-state index contributed by atoms with van der Waals surface area (Å²) in [6.45, 7) is 3.95. The van der Waals surface area contributed by atoms with Crippen LogP contribution in [-0.4, -0.2) is 79.2 Å². The number of piperidine rings is 1. The summed E-state index contributed by atoms with van der Waals surface area (Å²) in [7, 11) is 0. The number of benzene rings is 1. The lowest BCUT2D eigenvalue weighted by Gasteiger charge is -2.42. The Bertz CT molecular complexity index is 1350. The van der Waals surface area contributed by atoms with Gasteiger partial charge in [0.25, 0.3) is 5.91 Å². The summed E-state index contributed by atoms with van der Waals surface area (Å²) in [6.07, 6.45) is 2.87. The normalized spacial score (nSPS) is 20.1. The smallest absolute Gasteiger partial charge is 0.257 e. The predicted molar refractivity (Wildman–Crippen MR) is 142 cm³/mol. The lowest BCUT2D eigenvalue weighted by molar-refractivity contribution is -0.130. The molecule has 3 aromatic rings. The lowest BCUT2D eigenvalue weighted by atomic mass is 9.83. The van der Waals surface area contributed by atoms with Crippen LogP contribution in [-0.2, 0) is 35.6 Å². The molecule has 3 amide bonds. The van der Waals surface area contributed by atoms with Crippen LogP contribution in [0.15, 0.2) is 41.1 Å². The predicted octanol–water partition coefficient (Wildman–Crippen LogP) is 0.0788. The van der Waals surface area contributed by atoms with E-state index in [1.165, 1.54) is 10.2 Å². The van der Waals surface area contributed by atoms with Crippen molar-refractivity contribution in [1.82, 2.24) is 41.0 Å². The van der Waals surface area contributed by atoms with Crippen molar-refractivity contribution in [3.05, 3.63) is 64.8 Å². The Kier molecular flexibility index (Phi) is 8.21. The van der Waals surface area contributed by atoms with Crippen LogP contribution in [0.3, 0.4) is 0 Å².